The van der Waals surface area contributed by atoms with Crippen LogP contribution in [0.15, 0.2) is 36.0 Å². The number of esters is 1. The van der Waals surface area contributed by atoms with E-state index in [1.165, 1.54) is 20.3 Å². The van der Waals surface area contributed by atoms with Gasteiger partial charge < -0.3 is 10.1 Å². The molecular weight excluding hydrogens is 350 g/mol. The average molecular weight is 373 g/mol. The summed E-state index contributed by atoms with van der Waals surface area (Å²) < 4.78 is 5.18. The quantitative estimate of drug-likeness (QED) is 0.341. The van der Waals surface area contributed by atoms with E-state index in [0.29, 0.717) is 17.9 Å². The molecule has 1 aliphatic heterocycles. The third kappa shape index (κ3) is 4.72. The number of imide groups is 2. The van der Waals surface area contributed by atoms with E-state index in [-0.39, 0.29) is 5.57 Å². The van der Waals surface area contributed by atoms with Crippen LogP contribution < -0.4 is 5.32 Å². The number of anilines is 1. The number of nitrogens with zero attached hydrogens (tertiary/aromatic N) is 2. The highest BCUT2D eigenvalue weighted by molar-refractivity contribution is 6.28. The van der Waals surface area contributed by atoms with Gasteiger partial charge in [0, 0.05) is 26.0 Å². The normalized spacial score (nSPS) is 14.5. The van der Waals surface area contributed by atoms with Gasteiger partial charge in [0.15, 0.2) is 0 Å². The van der Waals surface area contributed by atoms with Crippen LogP contribution in [0.3, 0.4) is 0 Å². The smallest absolute Gasteiger partial charge is 0.338 e. The second kappa shape index (κ2) is 8.98. The highest BCUT2D eigenvalue weighted by Crippen LogP contribution is 2.16. The molecule has 0 radical (unpaired) electrons. The Morgan fingerprint density at radius 3 is 2.19 bits per heavy atom. The Bertz CT molecular complexity index is 744. The van der Waals surface area contributed by atoms with Crippen molar-refractivity contribution in [3.63, 3.8) is 0 Å². The first-order chi connectivity index (χ1) is 12.9. The Labute approximate surface area is 157 Å². The van der Waals surface area contributed by atoms with Crippen LogP contribution in [-0.4, -0.2) is 54.3 Å². The average Bonchev–Trinajstić information content (AvgIpc) is 2.68. The topological polar surface area (TPSA) is 96.0 Å². The number of carbonyl (C=O) groups is 4. The highest BCUT2D eigenvalue weighted by Gasteiger charge is 2.37. The number of benzene rings is 1. The Morgan fingerprint density at radius 1 is 1.04 bits per heavy atom. The van der Waals surface area contributed by atoms with Gasteiger partial charge in [-0.1, -0.05) is 19.8 Å². The monoisotopic (exact) mass is 373 g/mol. The van der Waals surface area contributed by atoms with Crippen LogP contribution in [0.25, 0.3) is 0 Å². The zero-order valence-corrected chi connectivity index (χ0v) is 15.7. The molecule has 1 aromatic carbocycles. The van der Waals surface area contributed by atoms with Crippen molar-refractivity contribution in [2.24, 2.45) is 0 Å². The van der Waals surface area contributed by atoms with Gasteiger partial charge in [-0.15, -0.1) is 0 Å². The van der Waals surface area contributed by atoms with E-state index in [1.54, 1.807) is 24.3 Å². The number of barbiturate groups is 1. The Morgan fingerprint density at radius 2 is 1.63 bits per heavy atom. The maximum atomic E-state index is 12.1. The second-order valence-corrected chi connectivity index (χ2v) is 6.13. The lowest BCUT2D eigenvalue weighted by Crippen LogP contribution is -2.53. The van der Waals surface area contributed by atoms with E-state index in [4.69, 9.17) is 4.74 Å². The molecule has 1 heterocycles. The molecule has 4 amide bonds. The first-order valence-corrected chi connectivity index (χ1v) is 8.70. The molecule has 8 heteroatoms. The van der Waals surface area contributed by atoms with Gasteiger partial charge in [-0.25, -0.2) is 9.59 Å². The van der Waals surface area contributed by atoms with Crippen LogP contribution in [0.1, 0.15) is 36.5 Å². The molecule has 1 aliphatic rings. The molecule has 0 bridgehead atoms. The molecule has 1 fully saturated rings. The van der Waals surface area contributed by atoms with Gasteiger partial charge in [0.2, 0.25) is 0 Å². The van der Waals surface area contributed by atoms with Crippen molar-refractivity contribution < 1.29 is 23.9 Å². The van der Waals surface area contributed by atoms with Crippen molar-refractivity contribution in [3.05, 3.63) is 41.6 Å². The minimum absolute atomic E-state index is 0.154. The molecule has 1 saturated heterocycles. The van der Waals surface area contributed by atoms with E-state index < -0.39 is 23.8 Å². The summed E-state index contributed by atoms with van der Waals surface area (Å²) in [5.74, 6) is -1.75. The Kier molecular flexibility index (Phi) is 6.70. The minimum atomic E-state index is -0.678. The zero-order valence-electron chi connectivity index (χ0n) is 15.7. The van der Waals surface area contributed by atoms with Gasteiger partial charge in [-0.05, 0) is 30.7 Å². The molecule has 0 aliphatic carbocycles. The lowest BCUT2D eigenvalue weighted by molar-refractivity contribution is -0.134. The third-order valence-electron chi connectivity index (χ3n) is 4.13. The molecule has 0 spiro atoms. The van der Waals surface area contributed by atoms with Crippen LogP contribution in [0.5, 0.6) is 0 Å². The van der Waals surface area contributed by atoms with Crippen molar-refractivity contribution in [1.29, 1.82) is 0 Å². The molecule has 0 unspecified atom stereocenters. The van der Waals surface area contributed by atoms with Crippen molar-refractivity contribution >= 4 is 29.5 Å². The molecule has 1 N–H and O–H groups in total. The van der Waals surface area contributed by atoms with Gasteiger partial charge in [-0.2, -0.15) is 0 Å². The molecular formula is C19H23N3O5. The fourth-order valence-corrected chi connectivity index (χ4v) is 2.43. The number of nitrogens with one attached hydrogen (secondary N) is 1. The summed E-state index contributed by atoms with van der Waals surface area (Å²) in [6, 6.07) is 5.78. The van der Waals surface area contributed by atoms with Crippen LogP contribution in [-0.2, 0) is 14.3 Å². The number of likely N-dealkylation sites (N-methyl/N-ethyl adjacent to an activating group) is 2. The van der Waals surface area contributed by atoms with Crippen LogP contribution in [0.2, 0.25) is 0 Å². The number of hydrogen-bond acceptors (Lipinski definition) is 6. The van der Waals surface area contributed by atoms with E-state index in [1.807, 2.05) is 0 Å². The van der Waals surface area contributed by atoms with Gasteiger partial charge in [-0.3, -0.25) is 19.4 Å². The third-order valence-corrected chi connectivity index (χ3v) is 4.13. The van der Waals surface area contributed by atoms with E-state index in [2.05, 4.69) is 12.2 Å². The van der Waals surface area contributed by atoms with Crippen LogP contribution in [0.4, 0.5) is 10.5 Å². The molecule has 2 rings (SSSR count). The van der Waals surface area contributed by atoms with Gasteiger partial charge in [0.25, 0.3) is 11.8 Å². The van der Waals surface area contributed by atoms with Crippen molar-refractivity contribution in [1.82, 2.24) is 9.80 Å². The maximum absolute atomic E-state index is 12.1. The second-order valence-electron chi connectivity index (χ2n) is 6.13. The Hall–Kier alpha value is -3.16. The number of amides is 4. The Balaban J connectivity index is 2.01. The van der Waals surface area contributed by atoms with Gasteiger partial charge >= 0.3 is 12.0 Å². The lowest BCUT2D eigenvalue weighted by Gasteiger charge is -2.28. The summed E-state index contributed by atoms with van der Waals surface area (Å²) >= 11 is 0. The predicted molar refractivity (Wildman–Crippen MR) is 98.9 cm³/mol. The van der Waals surface area contributed by atoms with E-state index in [9.17, 15) is 19.2 Å². The number of ether oxygens (including phenoxy) is 1. The number of carbonyl (C=O) groups excluding carboxylic acids is 4. The van der Waals surface area contributed by atoms with Crippen molar-refractivity contribution in [3.8, 4) is 0 Å². The number of hydrogen-bond donors (Lipinski definition) is 1. The lowest BCUT2D eigenvalue weighted by atomic mass is 10.1. The molecule has 0 saturated carbocycles. The van der Waals surface area contributed by atoms with E-state index >= 15 is 0 Å². The summed E-state index contributed by atoms with van der Waals surface area (Å²) in [5.41, 5.74) is 0.839. The molecule has 0 aromatic heterocycles. The maximum Gasteiger partial charge on any atom is 0.338 e. The summed E-state index contributed by atoms with van der Waals surface area (Å²) in [4.78, 5) is 49.5. The van der Waals surface area contributed by atoms with Crippen LogP contribution >= 0.6 is 0 Å². The minimum Gasteiger partial charge on any atom is -0.462 e. The van der Waals surface area contributed by atoms with Crippen LogP contribution in [0, 0.1) is 0 Å². The summed E-state index contributed by atoms with van der Waals surface area (Å²) in [5, 5.41) is 2.84. The largest absolute Gasteiger partial charge is 0.462 e. The molecule has 27 heavy (non-hydrogen) atoms. The van der Waals surface area contributed by atoms with Crippen molar-refractivity contribution in [2.75, 3.05) is 26.0 Å². The molecule has 8 nitrogen and oxygen atoms in total. The van der Waals surface area contributed by atoms with Crippen molar-refractivity contribution in [2.45, 2.75) is 26.2 Å². The SMILES string of the molecule is CCCCCOC(=O)c1ccc(NC=C2C(=O)N(C)C(=O)N(C)C2=O)cc1. The highest BCUT2D eigenvalue weighted by atomic mass is 16.5. The number of urea groups is 1. The first kappa shape index (κ1) is 20.2. The van der Waals surface area contributed by atoms with Gasteiger partial charge in [0.1, 0.15) is 5.57 Å². The summed E-state index contributed by atoms with van der Waals surface area (Å²) in [6.45, 7) is 2.47. The zero-order chi connectivity index (χ0) is 20.0. The first-order valence-electron chi connectivity index (χ1n) is 8.70. The summed E-state index contributed by atoms with van der Waals surface area (Å²) in [6.07, 6.45) is 4.15. The number of rotatable bonds is 7. The summed E-state index contributed by atoms with van der Waals surface area (Å²) in [7, 11) is 2.62. The molecule has 1 aromatic rings. The standard InChI is InChI=1S/C19H23N3O5/c1-4-5-6-11-27-18(25)13-7-9-14(10-8-13)20-12-15-16(23)21(2)19(26)22(3)17(15)24/h7-10,12,20H,4-6,11H2,1-3H3. The van der Waals surface area contributed by atoms with E-state index in [0.717, 1.165) is 29.1 Å². The fraction of sp³-hybridized carbons (Fsp3) is 0.368. The molecule has 0 atom stereocenters. The molecule has 144 valence electrons. The number of unbranched alkanes of at least 4 members (excludes halogenated alkanes) is 2. The fourth-order valence-electron chi connectivity index (χ4n) is 2.43. The predicted octanol–water partition coefficient (Wildman–Crippen LogP) is 2.38. The van der Waals surface area contributed by atoms with Gasteiger partial charge in [0.05, 0.1) is 12.2 Å².